The van der Waals surface area contributed by atoms with Gasteiger partial charge in [0.05, 0.1) is 0 Å². The van der Waals surface area contributed by atoms with E-state index in [1.54, 1.807) is 0 Å². The third kappa shape index (κ3) is 3.49. The van der Waals surface area contributed by atoms with E-state index in [0.29, 0.717) is 0 Å². The van der Waals surface area contributed by atoms with Gasteiger partial charge in [-0.15, -0.1) is 0 Å². The molecule has 0 aromatic heterocycles. The van der Waals surface area contributed by atoms with Crippen molar-refractivity contribution in [2.24, 2.45) is 0 Å². The SMILES string of the molecule is CCc1ccc(NC(C)(C)C)cc1. The fourth-order valence-corrected chi connectivity index (χ4v) is 1.26. The molecule has 0 aliphatic heterocycles. The highest BCUT2D eigenvalue weighted by Crippen LogP contribution is 2.15. The standard InChI is InChI=1S/C12H19N/c1-5-10-6-8-11(9-7-10)13-12(2,3)4/h6-9,13H,5H2,1-4H3. The maximum Gasteiger partial charge on any atom is 0.0344 e. The predicted molar refractivity (Wildman–Crippen MR) is 59.2 cm³/mol. The summed E-state index contributed by atoms with van der Waals surface area (Å²) in [6.07, 6.45) is 1.11. The van der Waals surface area contributed by atoms with Crippen LogP contribution < -0.4 is 5.32 Å². The zero-order chi connectivity index (χ0) is 9.90. The Morgan fingerprint density at radius 3 is 2.00 bits per heavy atom. The van der Waals surface area contributed by atoms with Crippen LogP contribution in [-0.2, 0) is 6.42 Å². The highest BCUT2D eigenvalue weighted by atomic mass is 14.9. The molecule has 0 heterocycles. The number of hydrogen-bond donors (Lipinski definition) is 1. The van der Waals surface area contributed by atoms with E-state index < -0.39 is 0 Å². The van der Waals surface area contributed by atoms with Gasteiger partial charge in [0.2, 0.25) is 0 Å². The van der Waals surface area contributed by atoms with E-state index in [9.17, 15) is 0 Å². The molecule has 1 rings (SSSR count). The van der Waals surface area contributed by atoms with Gasteiger partial charge in [-0.1, -0.05) is 19.1 Å². The lowest BCUT2D eigenvalue weighted by molar-refractivity contribution is 0.634. The van der Waals surface area contributed by atoms with E-state index in [4.69, 9.17) is 0 Å². The summed E-state index contributed by atoms with van der Waals surface area (Å²) in [5.74, 6) is 0. The van der Waals surface area contributed by atoms with Crippen molar-refractivity contribution >= 4 is 5.69 Å². The molecular formula is C12H19N. The van der Waals surface area contributed by atoms with Crippen molar-refractivity contribution in [3.8, 4) is 0 Å². The Labute approximate surface area is 81.2 Å². The number of benzene rings is 1. The Morgan fingerprint density at radius 1 is 1.08 bits per heavy atom. The summed E-state index contributed by atoms with van der Waals surface area (Å²) in [6, 6.07) is 8.64. The van der Waals surface area contributed by atoms with Crippen LogP contribution in [0.4, 0.5) is 5.69 Å². The van der Waals surface area contributed by atoms with E-state index in [0.717, 1.165) is 6.42 Å². The maximum atomic E-state index is 3.43. The van der Waals surface area contributed by atoms with Crippen LogP contribution in [0.15, 0.2) is 24.3 Å². The summed E-state index contributed by atoms with van der Waals surface area (Å²) in [6.45, 7) is 8.67. The first-order chi connectivity index (χ1) is 6.01. The molecule has 0 radical (unpaired) electrons. The predicted octanol–water partition coefficient (Wildman–Crippen LogP) is 3.46. The van der Waals surface area contributed by atoms with Crippen LogP contribution in [0.5, 0.6) is 0 Å². The minimum absolute atomic E-state index is 0.147. The average Bonchev–Trinajstić information content (AvgIpc) is 2.03. The summed E-state index contributed by atoms with van der Waals surface area (Å²) in [5, 5.41) is 3.43. The fourth-order valence-electron chi connectivity index (χ4n) is 1.26. The number of nitrogens with one attached hydrogen (secondary N) is 1. The van der Waals surface area contributed by atoms with Crippen molar-refractivity contribution in [2.45, 2.75) is 39.7 Å². The van der Waals surface area contributed by atoms with Crippen LogP contribution in [0.2, 0.25) is 0 Å². The van der Waals surface area contributed by atoms with Crippen LogP contribution >= 0.6 is 0 Å². The number of rotatable bonds is 2. The topological polar surface area (TPSA) is 12.0 Å². The van der Waals surface area contributed by atoms with Crippen molar-refractivity contribution in [1.29, 1.82) is 0 Å². The summed E-state index contributed by atoms with van der Waals surface area (Å²) >= 11 is 0. The van der Waals surface area contributed by atoms with Gasteiger partial charge >= 0.3 is 0 Å². The lowest BCUT2D eigenvalue weighted by atomic mass is 10.1. The van der Waals surface area contributed by atoms with Crippen LogP contribution in [0.1, 0.15) is 33.3 Å². The summed E-state index contributed by atoms with van der Waals surface area (Å²) in [5.41, 5.74) is 2.73. The first-order valence-corrected chi connectivity index (χ1v) is 4.88. The summed E-state index contributed by atoms with van der Waals surface area (Å²) < 4.78 is 0. The Balaban J connectivity index is 2.70. The fraction of sp³-hybridized carbons (Fsp3) is 0.500. The number of aryl methyl sites for hydroxylation is 1. The van der Waals surface area contributed by atoms with Crippen molar-refractivity contribution in [2.75, 3.05) is 5.32 Å². The zero-order valence-electron chi connectivity index (χ0n) is 9.02. The minimum Gasteiger partial charge on any atom is -0.380 e. The second-order valence-electron chi connectivity index (χ2n) is 4.43. The molecular weight excluding hydrogens is 158 g/mol. The molecule has 13 heavy (non-hydrogen) atoms. The van der Waals surface area contributed by atoms with E-state index in [2.05, 4.69) is 57.3 Å². The van der Waals surface area contributed by atoms with Gasteiger partial charge < -0.3 is 5.32 Å². The van der Waals surface area contributed by atoms with Gasteiger partial charge in [-0.25, -0.2) is 0 Å². The average molecular weight is 177 g/mol. The van der Waals surface area contributed by atoms with Gasteiger partial charge in [0.15, 0.2) is 0 Å². The lowest BCUT2D eigenvalue weighted by Gasteiger charge is -2.22. The first kappa shape index (κ1) is 10.1. The molecule has 1 N–H and O–H groups in total. The Hall–Kier alpha value is -0.980. The minimum atomic E-state index is 0.147. The Bertz CT molecular complexity index is 253. The maximum absolute atomic E-state index is 3.43. The van der Waals surface area contributed by atoms with Crippen molar-refractivity contribution in [3.05, 3.63) is 29.8 Å². The highest BCUT2D eigenvalue weighted by molar-refractivity contribution is 5.46. The molecule has 0 atom stereocenters. The van der Waals surface area contributed by atoms with Crippen LogP contribution in [0, 0.1) is 0 Å². The molecule has 0 fully saturated rings. The summed E-state index contributed by atoms with van der Waals surface area (Å²) in [4.78, 5) is 0. The zero-order valence-corrected chi connectivity index (χ0v) is 9.02. The smallest absolute Gasteiger partial charge is 0.0344 e. The molecule has 0 aliphatic rings. The van der Waals surface area contributed by atoms with Crippen molar-refractivity contribution in [1.82, 2.24) is 0 Å². The number of hydrogen-bond acceptors (Lipinski definition) is 1. The highest BCUT2D eigenvalue weighted by Gasteiger charge is 2.08. The summed E-state index contributed by atoms with van der Waals surface area (Å²) in [7, 11) is 0. The van der Waals surface area contributed by atoms with E-state index in [1.807, 2.05) is 0 Å². The molecule has 72 valence electrons. The van der Waals surface area contributed by atoms with Gasteiger partial charge in [-0.2, -0.15) is 0 Å². The monoisotopic (exact) mass is 177 g/mol. The van der Waals surface area contributed by atoms with Gasteiger partial charge in [0, 0.05) is 11.2 Å². The van der Waals surface area contributed by atoms with E-state index in [1.165, 1.54) is 11.3 Å². The Kier molecular flexibility index (Phi) is 2.97. The second kappa shape index (κ2) is 3.82. The van der Waals surface area contributed by atoms with E-state index in [-0.39, 0.29) is 5.54 Å². The largest absolute Gasteiger partial charge is 0.380 e. The van der Waals surface area contributed by atoms with Crippen LogP contribution in [0.25, 0.3) is 0 Å². The molecule has 0 aliphatic carbocycles. The molecule has 0 bridgehead atoms. The normalized spacial score (nSPS) is 11.4. The molecule has 0 unspecified atom stereocenters. The Morgan fingerprint density at radius 2 is 1.62 bits per heavy atom. The molecule has 1 aromatic rings. The second-order valence-corrected chi connectivity index (χ2v) is 4.43. The van der Waals surface area contributed by atoms with Crippen molar-refractivity contribution in [3.63, 3.8) is 0 Å². The van der Waals surface area contributed by atoms with Gasteiger partial charge in [0.1, 0.15) is 0 Å². The molecule has 1 aromatic carbocycles. The third-order valence-electron chi connectivity index (χ3n) is 1.88. The molecule has 1 heteroatoms. The van der Waals surface area contributed by atoms with Crippen LogP contribution in [0.3, 0.4) is 0 Å². The third-order valence-corrected chi connectivity index (χ3v) is 1.88. The van der Waals surface area contributed by atoms with Crippen molar-refractivity contribution < 1.29 is 0 Å². The molecule has 1 nitrogen and oxygen atoms in total. The van der Waals surface area contributed by atoms with Crippen LogP contribution in [-0.4, -0.2) is 5.54 Å². The molecule has 0 spiro atoms. The molecule has 0 saturated carbocycles. The lowest BCUT2D eigenvalue weighted by Crippen LogP contribution is -2.25. The molecule has 0 saturated heterocycles. The quantitative estimate of drug-likeness (QED) is 0.729. The van der Waals surface area contributed by atoms with Gasteiger partial charge in [-0.3, -0.25) is 0 Å². The molecule has 0 amide bonds. The van der Waals surface area contributed by atoms with Gasteiger partial charge in [-0.05, 0) is 44.9 Å². The number of anilines is 1. The van der Waals surface area contributed by atoms with E-state index >= 15 is 0 Å². The first-order valence-electron chi connectivity index (χ1n) is 4.88. The van der Waals surface area contributed by atoms with Gasteiger partial charge in [0.25, 0.3) is 0 Å².